The van der Waals surface area contributed by atoms with E-state index in [0.29, 0.717) is 11.4 Å². The van der Waals surface area contributed by atoms with E-state index >= 15 is 0 Å². The monoisotopic (exact) mass is 527 g/mol. The summed E-state index contributed by atoms with van der Waals surface area (Å²) in [6, 6.07) is 14.7. The number of carbonyl (C=O) groups is 1. The molecule has 8 nitrogen and oxygen atoms in total. The van der Waals surface area contributed by atoms with Crippen LogP contribution >= 0.6 is 0 Å². The standard InChI is InChI=1S/C31H35N7O/c1-19-16-22(31(39)36(3)4)6-7-23(19)21-11-14-38(15-12-21)20(2)28-17-26-24(10-13-34-30(26)37(28)5)25-8-9-29(33)35-27(25)18-32/h6-10,13,16-17,20-21H,11-12,14-15H2,1-5H3,(H2,33,35)/t20-/m1/s1/i3D3,4D3. The maximum atomic E-state index is 12.9. The lowest BCUT2D eigenvalue weighted by atomic mass is 9.85. The van der Waals surface area contributed by atoms with Crippen molar-refractivity contribution < 1.29 is 13.0 Å². The molecule has 39 heavy (non-hydrogen) atoms. The van der Waals surface area contributed by atoms with E-state index in [0.717, 1.165) is 59.3 Å². The van der Waals surface area contributed by atoms with Crippen molar-refractivity contribution >= 4 is 22.8 Å². The fraction of sp³-hybridized carbons (Fsp3) is 0.355. The average Bonchev–Trinajstić information content (AvgIpc) is 3.31. The Labute approximate surface area is 238 Å². The van der Waals surface area contributed by atoms with Gasteiger partial charge in [0.05, 0.1) is 0 Å². The van der Waals surface area contributed by atoms with Crippen LogP contribution in [0.2, 0.25) is 0 Å². The highest BCUT2D eigenvalue weighted by molar-refractivity contribution is 5.95. The minimum atomic E-state index is -3.09. The first-order valence-corrected chi connectivity index (χ1v) is 12.9. The molecule has 3 aromatic heterocycles. The molecular weight excluding hydrogens is 486 g/mol. The van der Waals surface area contributed by atoms with Crippen molar-refractivity contribution in [1.82, 2.24) is 24.3 Å². The molecule has 1 aliphatic rings. The van der Waals surface area contributed by atoms with E-state index in [1.165, 1.54) is 6.07 Å². The Morgan fingerprint density at radius 2 is 1.95 bits per heavy atom. The minimum absolute atomic E-state index is 0.00508. The van der Waals surface area contributed by atoms with E-state index in [4.69, 9.17) is 14.0 Å². The minimum Gasteiger partial charge on any atom is -0.384 e. The second-order valence-corrected chi connectivity index (χ2v) is 10.2. The van der Waals surface area contributed by atoms with Gasteiger partial charge in [-0.15, -0.1) is 0 Å². The number of nitrogens with zero attached hydrogens (tertiary/aromatic N) is 6. The number of rotatable bonds is 5. The Morgan fingerprint density at radius 3 is 2.64 bits per heavy atom. The predicted molar refractivity (Wildman–Crippen MR) is 154 cm³/mol. The number of hydrogen-bond acceptors (Lipinski definition) is 6. The van der Waals surface area contributed by atoms with Crippen LogP contribution in [0.15, 0.2) is 48.7 Å². The molecule has 0 spiro atoms. The van der Waals surface area contributed by atoms with E-state index in [2.05, 4.69) is 38.5 Å². The summed E-state index contributed by atoms with van der Waals surface area (Å²) < 4.78 is 47.5. The van der Waals surface area contributed by atoms with Gasteiger partial charge in [-0.2, -0.15) is 5.26 Å². The molecule has 4 aromatic rings. The zero-order valence-corrected chi connectivity index (χ0v) is 22.3. The van der Waals surface area contributed by atoms with Crippen LogP contribution in [0.4, 0.5) is 5.82 Å². The molecule has 0 aliphatic carbocycles. The molecule has 2 N–H and O–H groups in total. The number of nitrogen functional groups attached to an aromatic ring is 1. The highest BCUT2D eigenvalue weighted by Gasteiger charge is 2.28. The molecule has 5 rings (SSSR count). The maximum absolute atomic E-state index is 12.9. The summed E-state index contributed by atoms with van der Waals surface area (Å²) in [5, 5.41) is 10.6. The number of nitriles is 1. The number of benzene rings is 1. The lowest BCUT2D eigenvalue weighted by Gasteiger charge is -2.37. The molecule has 1 saturated heterocycles. The summed E-state index contributed by atoms with van der Waals surface area (Å²) in [7, 11) is 2.00. The molecule has 0 unspecified atom stereocenters. The lowest BCUT2D eigenvalue weighted by molar-refractivity contribution is 0.0827. The first-order valence-electron chi connectivity index (χ1n) is 15.9. The molecule has 1 amide bonds. The van der Waals surface area contributed by atoms with Crippen LogP contribution in [-0.2, 0) is 7.05 Å². The molecule has 0 bridgehead atoms. The number of aryl methyl sites for hydroxylation is 2. The Morgan fingerprint density at radius 1 is 1.18 bits per heavy atom. The van der Waals surface area contributed by atoms with E-state index < -0.39 is 19.9 Å². The van der Waals surface area contributed by atoms with Gasteiger partial charge in [0.2, 0.25) is 0 Å². The number of carbonyl (C=O) groups excluding carboxylic acids is 1. The summed E-state index contributed by atoms with van der Waals surface area (Å²) in [6.45, 7) is -0.474. The summed E-state index contributed by atoms with van der Waals surface area (Å²) in [6.07, 6.45) is 3.50. The number of likely N-dealkylation sites (tertiary alicyclic amines) is 1. The molecule has 1 aliphatic heterocycles. The number of aromatic nitrogens is 3. The Hall–Kier alpha value is -4.22. The number of nitrogens with two attached hydrogens (primary N) is 1. The number of piperidine rings is 1. The Kier molecular flexibility index (Phi) is 5.33. The van der Waals surface area contributed by atoms with Gasteiger partial charge in [0, 0.05) is 63.7 Å². The normalized spacial score (nSPS) is 18.2. The van der Waals surface area contributed by atoms with Gasteiger partial charge in [-0.25, -0.2) is 9.97 Å². The largest absolute Gasteiger partial charge is 0.384 e. The quantitative estimate of drug-likeness (QED) is 0.390. The molecule has 1 fully saturated rings. The third-order valence-electron chi connectivity index (χ3n) is 7.94. The molecule has 200 valence electrons. The first kappa shape index (κ1) is 19.8. The number of hydrogen-bond donors (Lipinski definition) is 1. The van der Waals surface area contributed by atoms with Crippen LogP contribution in [0.1, 0.15) is 72.8 Å². The van der Waals surface area contributed by atoms with Gasteiger partial charge in [-0.1, -0.05) is 6.07 Å². The fourth-order valence-electron chi connectivity index (χ4n) is 5.83. The molecule has 4 heterocycles. The molecule has 1 aromatic carbocycles. The van der Waals surface area contributed by atoms with E-state index in [1.807, 2.05) is 32.2 Å². The molecule has 0 saturated carbocycles. The van der Waals surface area contributed by atoms with Crippen LogP contribution in [0.25, 0.3) is 22.2 Å². The van der Waals surface area contributed by atoms with E-state index in [1.54, 1.807) is 18.3 Å². The van der Waals surface area contributed by atoms with Crippen molar-refractivity contribution in [3.05, 3.63) is 76.7 Å². The smallest absolute Gasteiger partial charge is 0.253 e. The SMILES string of the molecule is [2H]C([2H])([2H])N(C(=O)c1ccc(C2CCN([C@H](C)c3cc4c(-c5ccc(N)nc5C#N)ccnc4n3C)CC2)c(C)c1)C([2H])([2H])[2H]. The van der Waals surface area contributed by atoms with Crippen molar-refractivity contribution in [2.24, 2.45) is 7.05 Å². The van der Waals surface area contributed by atoms with Gasteiger partial charge in [0.25, 0.3) is 5.91 Å². The predicted octanol–water partition coefficient (Wildman–Crippen LogP) is 5.04. The van der Waals surface area contributed by atoms with Crippen molar-refractivity contribution in [2.75, 3.05) is 32.8 Å². The van der Waals surface area contributed by atoms with E-state index in [9.17, 15) is 10.1 Å². The van der Waals surface area contributed by atoms with Gasteiger partial charge in [-0.3, -0.25) is 9.69 Å². The first-order chi connectivity index (χ1) is 21.1. The summed E-state index contributed by atoms with van der Waals surface area (Å²) in [4.78, 5) is 24.2. The highest BCUT2D eigenvalue weighted by Crippen LogP contribution is 2.37. The number of amides is 1. The van der Waals surface area contributed by atoms with Crippen LogP contribution < -0.4 is 5.73 Å². The second kappa shape index (κ2) is 10.5. The fourth-order valence-corrected chi connectivity index (χ4v) is 5.83. The second-order valence-electron chi connectivity index (χ2n) is 10.2. The molecule has 1 atom stereocenters. The number of anilines is 1. The zero-order chi connectivity index (χ0) is 32.8. The Bertz CT molecular complexity index is 1790. The highest BCUT2D eigenvalue weighted by atomic mass is 16.2. The van der Waals surface area contributed by atoms with Crippen LogP contribution in [0, 0.1) is 18.3 Å². The zero-order valence-electron chi connectivity index (χ0n) is 28.3. The van der Waals surface area contributed by atoms with E-state index in [-0.39, 0.29) is 28.1 Å². The topological polar surface area (TPSA) is 104 Å². The van der Waals surface area contributed by atoms with Gasteiger partial charge in [0.15, 0.2) is 5.69 Å². The molecule has 8 heteroatoms. The van der Waals surface area contributed by atoms with Gasteiger partial charge >= 0.3 is 0 Å². The number of pyridine rings is 2. The average molecular weight is 528 g/mol. The Balaban J connectivity index is 1.34. The summed E-state index contributed by atoms with van der Waals surface area (Å²) in [5.41, 5.74) is 11.5. The summed E-state index contributed by atoms with van der Waals surface area (Å²) >= 11 is 0. The van der Waals surface area contributed by atoms with Crippen molar-refractivity contribution in [1.29, 1.82) is 5.26 Å². The van der Waals surface area contributed by atoms with Gasteiger partial charge < -0.3 is 15.2 Å². The van der Waals surface area contributed by atoms with Gasteiger partial charge in [0.1, 0.15) is 17.5 Å². The molecular formula is C31H35N7O. The van der Waals surface area contributed by atoms with Crippen molar-refractivity contribution in [3.63, 3.8) is 0 Å². The summed E-state index contributed by atoms with van der Waals surface area (Å²) in [5.74, 6) is -0.515. The van der Waals surface area contributed by atoms with Crippen LogP contribution in [0.5, 0.6) is 0 Å². The lowest BCUT2D eigenvalue weighted by Crippen LogP contribution is -2.35. The van der Waals surface area contributed by atoms with Crippen molar-refractivity contribution in [3.8, 4) is 17.2 Å². The number of fused-ring (bicyclic) bond motifs is 1. The van der Waals surface area contributed by atoms with Gasteiger partial charge in [-0.05, 0) is 98.8 Å². The molecule has 0 radical (unpaired) electrons. The third-order valence-corrected chi connectivity index (χ3v) is 7.94. The maximum Gasteiger partial charge on any atom is 0.253 e. The van der Waals surface area contributed by atoms with Crippen LogP contribution in [-0.4, -0.2) is 57.3 Å². The van der Waals surface area contributed by atoms with Crippen molar-refractivity contribution in [2.45, 2.75) is 38.6 Å². The van der Waals surface area contributed by atoms with Crippen LogP contribution in [0.3, 0.4) is 0 Å². The third kappa shape index (κ3) is 4.86.